The van der Waals surface area contributed by atoms with E-state index in [1.165, 1.54) is 18.2 Å². The van der Waals surface area contributed by atoms with Crippen LogP contribution in [0.25, 0.3) is 0 Å². The maximum atomic E-state index is 12.2. The lowest BCUT2D eigenvalue weighted by molar-refractivity contribution is -0.153. The predicted octanol–water partition coefficient (Wildman–Crippen LogP) is 4.31. The molecule has 160 valence electrons. The lowest BCUT2D eigenvalue weighted by Gasteiger charge is -2.17. The van der Waals surface area contributed by atoms with Gasteiger partial charge < -0.3 is 20.1 Å². The molecule has 0 aliphatic carbocycles. The molecule has 0 aromatic heterocycles. The molecule has 30 heavy (non-hydrogen) atoms. The highest BCUT2D eigenvalue weighted by atomic mass is 19.4. The van der Waals surface area contributed by atoms with Gasteiger partial charge in [-0.2, -0.15) is 13.2 Å². The Morgan fingerprint density at radius 3 is 2.67 bits per heavy atom. The number of amides is 2. The second kappa shape index (κ2) is 9.51. The van der Waals surface area contributed by atoms with E-state index in [1.807, 2.05) is 6.07 Å². The fourth-order valence-electron chi connectivity index (χ4n) is 2.92. The van der Waals surface area contributed by atoms with Crippen molar-refractivity contribution in [2.45, 2.75) is 31.9 Å². The average molecular weight is 422 g/mol. The van der Waals surface area contributed by atoms with E-state index in [0.717, 1.165) is 11.3 Å². The highest BCUT2D eigenvalue weighted by Crippen LogP contribution is 2.27. The molecule has 9 heteroatoms. The molecule has 0 spiro atoms. The molecular weight excluding hydrogens is 401 g/mol. The first-order valence-electron chi connectivity index (χ1n) is 9.43. The number of halogens is 3. The van der Waals surface area contributed by atoms with E-state index in [2.05, 4.69) is 15.4 Å². The maximum absolute atomic E-state index is 12.2. The number of rotatable bonds is 8. The number of ether oxygens (including phenoxy) is 2. The van der Waals surface area contributed by atoms with E-state index in [0.29, 0.717) is 37.3 Å². The van der Waals surface area contributed by atoms with Crippen molar-refractivity contribution in [2.75, 3.05) is 23.8 Å². The molecule has 1 aliphatic rings. The highest BCUT2D eigenvalue weighted by Gasteiger charge is 2.28. The minimum Gasteiger partial charge on any atom is -0.494 e. The third-order valence-corrected chi connectivity index (χ3v) is 4.31. The largest absolute Gasteiger partial charge is 0.494 e. The van der Waals surface area contributed by atoms with Crippen molar-refractivity contribution in [2.24, 2.45) is 0 Å². The molecule has 3 rings (SSSR count). The number of hydrogen-bond acceptors (Lipinski definition) is 4. The van der Waals surface area contributed by atoms with E-state index in [1.54, 1.807) is 18.2 Å². The Balaban J connectivity index is 1.41. The third kappa shape index (κ3) is 6.68. The van der Waals surface area contributed by atoms with Crippen LogP contribution < -0.4 is 20.1 Å². The average Bonchev–Trinajstić information content (AvgIpc) is 2.69. The van der Waals surface area contributed by atoms with Gasteiger partial charge in [0.2, 0.25) is 11.8 Å². The van der Waals surface area contributed by atoms with Gasteiger partial charge in [-0.1, -0.05) is 6.07 Å². The first-order chi connectivity index (χ1) is 14.3. The molecule has 2 aromatic carbocycles. The van der Waals surface area contributed by atoms with Gasteiger partial charge in [0.1, 0.15) is 11.5 Å². The van der Waals surface area contributed by atoms with Crippen LogP contribution in [0.3, 0.4) is 0 Å². The summed E-state index contributed by atoms with van der Waals surface area (Å²) in [6.07, 6.45) is -2.67. The van der Waals surface area contributed by atoms with Crippen LogP contribution in [0.2, 0.25) is 0 Å². The minimum absolute atomic E-state index is 0.000341. The molecule has 0 bridgehead atoms. The SMILES string of the molecule is O=C(CCCOc1ccc2c(c1)CCC(=O)N2)Nc1cccc(OCC(F)(F)F)c1. The van der Waals surface area contributed by atoms with Crippen molar-refractivity contribution in [3.63, 3.8) is 0 Å². The Hall–Kier alpha value is -3.23. The van der Waals surface area contributed by atoms with Gasteiger partial charge in [0, 0.05) is 30.3 Å². The monoisotopic (exact) mass is 422 g/mol. The number of carbonyl (C=O) groups is 2. The van der Waals surface area contributed by atoms with E-state index in [9.17, 15) is 22.8 Å². The number of anilines is 2. The van der Waals surface area contributed by atoms with Gasteiger partial charge in [0.15, 0.2) is 6.61 Å². The van der Waals surface area contributed by atoms with Gasteiger partial charge in [-0.05, 0) is 48.7 Å². The summed E-state index contributed by atoms with van der Waals surface area (Å²) in [6, 6.07) is 11.2. The highest BCUT2D eigenvalue weighted by molar-refractivity contribution is 5.94. The molecule has 2 amide bonds. The van der Waals surface area contributed by atoms with Crippen molar-refractivity contribution in [3.05, 3.63) is 48.0 Å². The van der Waals surface area contributed by atoms with Crippen LogP contribution in [-0.2, 0) is 16.0 Å². The number of hydrogen-bond donors (Lipinski definition) is 2. The lowest BCUT2D eigenvalue weighted by atomic mass is 10.0. The molecular formula is C21H21F3N2O4. The first kappa shape index (κ1) is 21.5. The summed E-state index contributed by atoms with van der Waals surface area (Å²) in [5.74, 6) is 0.413. The van der Waals surface area contributed by atoms with Gasteiger partial charge >= 0.3 is 6.18 Å². The van der Waals surface area contributed by atoms with E-state index in [-0.39, 0.29) is 24.0 Å². The van der Waals surface area contributed by atoms with Crippen molar-refractivity contribution in [1.29, 1.82) is 0 Å². The zero-order valence-corrected chi connectivity index (χ0v) is 16.1. The van der Waals surface area contributed by atoms with Gasteiger partial charge in [0.25, 0.3) is 0 Å². The molecule has 6 nitrogen and oxygen atoms in total. The van der Waals surface area contributed by atoms with Crippen LogP contribution >= 0.6 is 0 Å². The third-order valence-electron chi connectivity index (χ3n) is 4.31. The quantitative estimate of drug-likeness (QED) is 0.622. The zero-order valence-electron chi connectivity index (χ0n) is 16.1. The Bertz CT molecular complexity index is 915. The number of benzene rings is 2. The molecule has 0 radical (unpaired) electrons. The normalized spacial score (nSPS) is 13.2. The number of aryl methyl sites for hydroxylation is 1. The summed E-state index contributed by atoms with van der Waals surface area (Å²) in [6.45, 7) is -1.07. The molecule has 0 atom stereocenters. The number of fused-ring (bicyclic) bond motifs is 1. The van der Waals surface area contributed by atoms with Crippen molar-refractivity contribution < 1.29 is 32.2 Å². The number of alkyl halides is 3. The molecule has 0 unspecified atom stereocenters. The Kier molecular flexibility index (Phi) is 6.81. The summed E-state index contributed by atoms with van der Waals surface area (Å²) >= 11 is 0. The smallest absolute Gasteiger partial charge is 0.422 e. The molecule has 2 aromatic rings. The molecule has 0 fully saturated rings. The van der Waals surface area contributed by atoms with Crippen molar-refractivity contribution in [3.8, 4) is 11.5 Å². The second-order valence-corrected chi connectivity index (χ2v) is 6.80. The zero-order chi connectivity index (χ0) is 21.6. The number of carbonyl (C=O) groups excluding carboxylic acids is 2. The summed E-state index contributed by atoms with van der Waals surface area (Å²) in [5, 5.41) is 5.43. The van der Waals surface area contributed by atoms with Crippen molar-refractivity contribution >= 4 is 23.2 Å². The minimum atomic E-state index is -4.43. The molecule has 1 heterocycles. The van der Waals surface area contributed by atoms with Crippen LogP contribution in [0.5, 0.6) is 11.5 Å². The fraction of sp³-hybridized carbons (Fsp3) is 0.333. The van der Waals surface area contributed by atoms with E-state index in [4.69, 9.17) is 4.74 Å². The molecule has 0 saturated carbocycles. The summed E-state index contributed by atoms with van der Waals surface area (Å²) in [7, 11) is 0. The van der Waals surface area contributed by atoms with E-state index >= 15 is 0 Å². The van der Waals surface area contributed by atoms with Crippen LogP contribution in [0.1, 0.15) is 24.8 Å². The van der Waals surface area contributed by atoms with Crippen LogP contribution in [-0.4, -0.2) is 31.2 Å². The molecule has 2 N–H and O–H groups in total. The van der Waals surface area contributed by atoms with Crippen LogP contribution in [0.4, 0.5) is 24.5 Å². The van der Waals surface area contributed by atoms with Gasteiger partial charge in [-0.25, -0.2) is 0 Å². The lowest BCUT2D eigenvalue weighted by Crippen LogP contribution is -2.19. The van der Waals surface area contributed by atoms with Crippen molar-refractivity contribution in [1.82, 2.24) is 0 Å². The summed E-state index contributed by atoms with van der Waals surface area (Å²) < 4.78 is 47.0. The topological polar surface area (TPSA) is 76.7 Å². The Morgan fingerprint density at radius 1 is 1.07 bits per heavy atom. The molecule has 0 saturated heterocycles. The maximum Gasteiger partial charge on any atom is 0.422 e. The van der Waals surface area contributed by atoms with E-state index < -0.39 is 12.8 Å². The van der Waals surface area contributed by atoms with Crippen LogP contribution in [0, 0.1) is 0 Å². The fourth-order valence-corrected chi connectivity index (χ4v) is 2.92. The summed E-state index contributed by atoms with van der Waals surface area (Å²) in [4.78, 5) is 23.4. The van der Waals surface area contributed by atoms with Crippen LogP contribution in [0.15, 0.2) is 42.5 Å². The van der Waals surface area contributed by atoms with Gasteiger partial charge in [-0.3, -0.25) is 9.59 Å². The Morgan fingerprint density at radius 2 is 1.87 bits per heavy atom. The Labute approximate surface area is 171 Å². The van der Waals surface area contributed by atoms with Gasteiger partial charge in [-0.15, -0.1) is 0 Å². The predicted molar refractivity (Wildman–Crippen MR) is 105 cm³/mol. The standard InChI is InChI=1S/C21H21F3N2O4/c22-21(23,24)13-30-16-4-1-3-15(12-16)25-19(27)5-2-10-29-17-7-8-18-14(11-17)6-9-20(28)26-18/h1,3-4,7-8,11-12H,2,5-6,9-10,13H2,(H,25,27)(H,26,28). The molecule has 1 aliphatic heterocycles. The second-order valence-electron chi connectivity index (χ2n) is 6.80. The summed E-state index contributed by atoms with van der Waals surface area (Å²) in [5.41, 5.74) is 2.16. The first-order valence-corrected chi connectivity index (χ1v) is 9.43. The number of nitrogens with one attached hydrogen (secondary N) is 2. The van der Waals surface area contributed by atoms with Gasteiger partial charge in [0.05, 0.1) is 6.61 Å².